The highest BCUT2D eigenvalue weighted by Gasteiger charge is 2.08. The maximum absolute atomic E-state index is 5.44. The van der Waals surface area contributed by atoms with E-state index in [0.717, 1.165) is 77.9 Å². The lowest BCUT2D eigenvalue weighted by molar-refractivity contribution is 0.0372. The second-order valence-electron chi connectivity index (χ2n) is 5.81. The number of methoxy groups -OCH3 is 1. The van der Waals surface area contributed by atoms with Crippen molar-refractivity contribution in [1.82, 2.24) is 15.5 Å². The van der Waals surface area contributed by atoms with Crippen molar-refractivity contribution in [2.24, 2.45) is 4.99 Å². The molecule has 0 atom stereocenters. The standard InChI is InChI=1S/C17H36N4O3/c1-3-18-17(20-8-6-12-23-16-15-22-2)19-7-4-5-9-21-10-13-24-14-11-21/h3-16H2,1-2H3,(H2,18,19,20). The fourth-order valence-corrected chi connectivity index (χ4v) is 2.44. The highest BCUT2D eigenvalue weighted by Crippen LogP contribution is 1.99. The molecule has 24 heavy (non-hydrogen) atoms. The van der Waals surface area contributed by atoms with E-state index in [9.17, 15) is 0 Å². The molecule has 0 unspecified atom stereocenters. The summed E-state index contributed by atoms with van der Waals surface area (Å²) in [5.74, 6) is 0.903. The lowest BCUT2D eigenvalue weighted by Gasteiger charge is -2.26. The number of unbranched alkanes of at least 4 members (excludes halogenated alkanes) is 1. The minimum atomic E-state index is 0.651. The van der Waals surface area contributed by atoms with E-state index < -0.39 is 0 Å². The van der Waals surface area contributed by atoms with Crippen molar-refractivity contribution < 1.29 is 14.2 Å². The van der Waals surface area contributed by atoms with Crippen LogP contribution in [-0.4, -0.2) is 90.3 Å². The van der Waals surface area contributed by atoms with Crippen molar-refractivity contribution in [1.29, 1.82) is 0 Å². The smallest absolute Gasteiger partial charge is 0.191 e. The predicted molar refractivity (Wildman–Crippen MR) is 97.8 cm³/mol. The molecule has 0 amide bonds. The zero-order valence-corrected chi connectivity index (χ0v) is 15.5. The summed E-state index contributed by atoms with van der Waals surface area (Å²) in [7, 11) is 1.68. The zero-order valence-electron chi connectivity index (χ0n) is 15.5. The third-order valence-electron chi connectivity index (χ3n) is 3.79. The van der Waals surface area contributed by atoms with Gasteiger partial charge < -0.3 is 24.8 Å². The lowest BCUT2D eigenvalue weighted by atomic mass is 10.3. The van der Waals surface area contributed by atoms with Crippen LogP contribution in [0.5, 0.6) is 0 Å². The van der Waals surface area contributed by atoms with Crippen molar-refractivity contribution in [2.45, 2.75) is 26.2 Å². The minimum absolute atomic E-state index is 0.651. The van der Waals surface area contributed by atoms with Gasteiger partial charge in [0, 0.05) is 46.4 Å². The molecule has 0 aromatic carbocycles. The normalized spacial score (nSPS) is 16.3. The van der Waals surface area contributed by atoms with E-state index >= 15 is 0 Å². The molecule has 1 heterocycles. The summed E-state index contributed by atoms with van der Waals surface area (Å²) in [6.45, 7) is 11.8. The Hall–Kier alpha value is -0.890. The van der Waals surface area contributed by atoms with E-state index in [1.54, 1.807) is 7.11 Å². The van der Waals surface area contributed by atoms with Crippen LogP contribution in [0.15, 0.2) is 4.99 Å². The van der Waals surface area contributed by atoms with Crippen LogP contribution in [-0.2, 0) is 14.2 Å². The summed E-state index contributed by atoms with van der Waals surface area (Å²) in [4.78, 5) is 7.05. The molecule has 1 rings (SSSR count). The van der Waals surface area contributed by atoms with E-state index in [1.807, 2.05) is 0 Å². The summed E-state index contributed by atoms with van der Waals surface area (Å²) in [5.41, 5.74) is 0. The van der Waals surface area contributed by atoms with E-state index in [1.165, 1.54) is 6.42 Å². The molecule has 0 aromatic rings. The van der Waals surface area contributed by atoms with Gasteiger partial charge in [-0.25, -0.2) is 0 Å². The van der Waals surface area contributed by atoms with Crippen molar-refractivity contribution in [3.05, 3.63) is 0 Å². The van der Waals surface area contributed by atoms with E-state index in [0.29, 0.717) is 13.2 Å². The fourth-order valence-electron chi connectivity index (χ4n) is 2.44. The van der Waals surface area contributed by atoms with E-state index in [4.69, 9.17) is 14.2 Å². The van der Waals surface area contributed by atoms with Gasteiger partial charge in [-0.1, -0.05) is 0 Å². The number of ether oxygens (including phenoxy) is 3. The summed E-state index contributed by atoms with van der Waals surface area (Å²) in [6.07, 6.45) is 3.29. The molecular formula is C17H36N4O3. The van der Waals surface area contributed by atoms with Crippen LogP contribution in [0.1, 0.15) is 26.2 Å². The Labute approximate surface area is 147 Å². The third-order valence-corrected chi connectivity index (χ3v) is 3.79. The van der Waals surface area contributed by atoms with Gasteiger partial charge in [-0.15, -0.1) is 0 Å². The van der Waals surface area contributed by atoms with Crippen molar-refractivity contribution in [3.8, 4) is 0 Å². The van der Waals surface area contributed by atoms with Crippen LogP contribution in [0.25, 0.3) is 0 Å². The number of rotatable bonds is 13. The van der Waals surface area contributed by atoms with Crippen molar-refractivity contribution in [2.75, 3.05) is 79.4 Å². The molecule has 1 fully saturated rings. The van der Waals surface area contributed by atoms with E-state index in [-0.39, 0.29) is 0 Å². The van der Waals surface area contributed by atoms with Gasteiger partial charge in [0.15, 0.2) is 5.96 Å². The van der Waals surface area contributed by atoms with Gasteiger partial charge in [-0.05, 0) is 32.7 Å². The average molecular weight is 345 g/mol. The number of nitrogens with one attached hydrogen (secondary N) is 2. The molecule has 0 aliphatic carbocycles. The van der Waals surface area contributed by atoms with Gasteiger partial charge in [0.1, 0.15) is 0 Å². The number of nitrogens with zero attached hydrogens (tertiary/aromatic N) is 2. The van der Waals surface area contributed by atoms with Gasteiger partial charge in [0.05, 0.1) is 26.4 Å². The first-order valence-electron chi connectivity index (χ1n) is 9.25. The quantitative estimate of drug-likeness (QED) is 0.291. The van der Waals surface area contributed by atoms with Crippen LogP contribution in [0.2, 0.25) is 0 Å². The highest BCUT2D eigenvalue weighted by atomic mass is 16.5. The Morgan fingerprint density at radius 3 is 2.67 bits per heavy atom. The SMILES string of the molecule is CCNC(=NCCCOCCOC)NCCCCN1CCOCC1. The second kappa shape index (κ2) is 15.6. The largest absolute Gasteiger partial charge is 0.382 e. The molecule has 0 aromatic heterocycles. The summed E-state index contributed by atoms with van der Waals surface area (Å²) in [6, 6.07) is 0. The topological polar surface area (TPSA) is 67.4 Å². The van der Waals surface area contributed by atoms with Crippen molar-refractivity contribution >= 4 is 5.96 Å². The third kappa shape index (κ3) is 11.6. The van der Waals surface area contributed by atoms with Crippen LogP contribution in [0, 0.1) is 0 Å². The number of hydrogen-bond donors (Lipinski definition) is 2. The monoisotopic (exact) mass is 344 g/mol. The van der Waals surface area contributed by atoms with Gasteiger partial charge in [0.25, 0.3) is 0 Å². The van der Waals surface area contributed by atoms with Gasteiger partial charge in [-0.3, -0.25) is 9.89 Å². The number of morpholine rings is 1. The molecule has 1 aliphatic heterocycles. The molecule has 1 saturated heterocycles. The Balaban J connectivity index is 2.03. The maximum atomic E-state index is 5.44. The molecular weight excluding hydrogens is 308 g/mol. The average Bonchev–Trinajstić information content (AvgIpc) is 2.61. The Kier molecular flexibility index (Phi) is 13.8. The Morgan fingerprint density at radius 1 is 1.08 bits per heavy atom. The zero-order chi connectivity index (χ0) is 17.3. The number of aliphatic imine (C=N–C) groups is 1. The molecule has 0 radical (unpaired) electrons. The molecule has 0 bridgehead atoms. The first-order valence-corrected chi connectivity index (χ1v) is 9.25. The highest BCUT2D eigenvalue weighted by molar-refractivity contribution is 5.79. The second-order valence-corrected chi connectivity index (χ2v) is 5.81. The minimum Gasteiger partial charge on any atom is -0.382 e. The summed E-state index contributed by atoms with van der Waals surface area (Å²) >= 11 is 0. The van der Waals surface area contributed by atoms with Gasteiger partial charge in [0.2, 0.25) is 0 Å². The van der Waals surface area contributed by atoms with Crippen LogP contribution in [0.4, 0.5) is 0 Å². The Bertz CT molecular complexity index is 310. The molecule has 0 spiro atoms. The first-order chi connectivity index (χ1) is 11.9. The van der Waals surface area contributed by atoms with Crippen molar-refractivity contribution in [3.63, 3.8) is 0 Å². The van der Waals surface area contributed by atoms with Crippen LogP contribution < -0.4 is 10.6 Å². The number of hydrogen-bond acceptors (Lipinski definition) is 5. The molecule has 7 heteroatoms. The molecule has 0 saturated carbocycles. The summed E-state index contributed by atoms with van der Waals surface area (Å²) < 4.78 is 15.7. The van der Waals surface area contributed by atoms with Crippen LogP contribution >= 0.6 is 0 Å². The molecule has 7 nitrogen and oxygen atoms in total. The lowest BCUT2D eigenvalue weighted by Crippen LogP contribution is -2.39. The number of guanidine groups is 1. The van der Waals surface area contributed by atoms with Gasteiger partial charge >= 0.3 is 0 Å². The fraction of sp³-hybridized carbons (Fsp3) is 0.941. The maximum Gasteiger partial charge on any atom is 0.191 e. The van der Waals surface area contributed by atoms with Crippen LogP contribution in [0.3, 0.4) is 0 Å². The predicted octanol–water partition coefficient (Wildman–Crippen LogP) is 0.707. The Morgan fingerprint density at radius 2 is 1.92 bits per heavy atom. The molecule has 2 N–H and O–H groups in total. The van der Waals surface area contributed by atoms with E-state index in [2.05, 4.69) is 27.4 Å². The first kappa shape index (κ1) is 21.2. The molecule has 142 valence electrons. The molecule has 1 aliphatic rings. The summed E-state index contributed by atoms with van der Waals surface area (Å²) in [5, 5.41) is 6.69. The van der Waals surface area contributed by atoms with Gasteiger partial charge in [-0.2, -0.15) is 0 Å².